The highest BCUT2D eigenvalue weighted by molar-refractivity contribution is 14.1. The van der Waals surface area contributed by atoms with E-state index in [1.165, 1.54) is 6.33 Å². The Hall–Kier alpha value is -0.590. The maximum atomic E-state index is 11.4. The van der Waals surface area contributed by atoms with Crippen LogP contribution in [0, 0.1) is 3.57 Å². The van der Waals surface area contributed by atoms with Gasteiger partial charge in [-0.3, -0.25) is 4.79 Å². The van der Waals surface area contributed by atoms with Crippen LogP contribution in [0.1, 0.15) is 26.7 Å². The smallest absolute Gasteiger partial charge is 0.266 e. The van der Waals surface area contributed by atoms with E-state index in [9.17, 15) is 4.79 Å². The van der Waals surface area contributed by atoms with Gasteiger partial charge in [-0.2, -0.15) is 0 Å². The average Bonchev–Trinajstić information content (AvgIpc) is 2.25. The summed E-state index contributed by atoms with van der Waals surface area (Å²) in [5.74, 6) is 0.801. The summed E-state index contributed by atoms with van der Waals surface area (Å²) in [6, 6.07) is 0. The molecule has 5 heteroatoms. The summed E-state index contributed by atoms with van der Waals surface area (Å²) in [7, 11) is 0. The second kappa shape index (κ2) is 6.09. The zero-order valence-corrected chi connectivity index (χ0v) is 11.2. The molecule has 84 valence electrons. The molecule has 15 heavy (non-hydrogen) atoms. The molecule has 0 aliphatic rings. The van der Waals surface area contributed by atoms with Crippen LogP contribution in [0.5, 0.6) is 0 Å². The summed E-state index contributed by atoms with van der Waals surface area (Å²) >= 11 is 2.05. The molecule has 0 spiro atoms. The number of unbranched alkanes of at least 4 members (excludes halogenated alkanes) is 1. The molecule has 0 amide bonds. The molecular formula is C10H16IN3O. The Balaban J connectivity index is 2.91. The highest BCUT2D eigenvalue weighted by Gasteiger charge is 2.11. The largest absolute Gasteiger partial charge is 0.356 e. The van der Waals surface area contributed by atoms with Crippen LogP contribution in [0.25, 0.3) is 0 Å². The van der Waals surface area contributed by atoms with Gasteiger partial charge in [0.2, 0.25) is 0 Å². The van der Waals surface area contributed by atoms with Crippen LogP contribution in [-0.4, -0.2) is 23.1 Å². The number of hydrogen-bond donors (Lipinski definition) is 1. The van der Waals surface area contributed by atoms with Gasteiger partial charge in [0.05, 0.1) is 6.33 Å². The summed E-state index contributed by atoms with van der Waals surface area (Å²) in [5, 5.41) is 0. The number of nitrogens with one attached hydrogen (secondary N) is 1. The van der Waals surface area contributed by atoms with Crippen LogP contribution in [0.2, 0.25) is 0 Å². The summed E-state index contributed by atoms with van der Waals surface area (Å²) < 4.78 is 0.674. The summed E-state index contributed by atoms with van der Waals surface area (Å²) in [5.41, 5.74) is -0.0597. The van der Waals surface area contributed by atoms with Crippen molar-refractivity contribution in [1.82, 2.24) is 9.97 Å². The lowest BCUT2D eigenvalue weighted by molar-refractivity contribution is 0.720. The number of rotatable bonds is 5. The molecule has 4 nitrogen and oxygen atoms in total. The molecule has 0 aliphatic heterocycles. The minimum atomic E-state index is -0.0597. The van der Waals surface area contributed by atoms with Gasteiger partial charge >= 0.3 is 0 Å². The van der Waals surface area contributed by atoms with E-state index in [2.05, 4.69) is 28.7 Å². The quantitative estimate of drug-likeness (QED) is 0.844. The maximum absolute atomic E-state index is 11.4. The summed E-state index contributed by atoms with van der Waals surface area (Å²) in [4.78, 5) is 20.3. The van der Waals surface area contributed by atoms with Crippen molar-refractivity contribution >= 4 is 28.4 Å². The third-order valence-electron chi connectivity index (χ3n) is 2.24. The second-order valence-corrected chi connectivity index (χ2v) is 4.38. The van der Waals surface area contributed by atoms with Gasteiger partial charge in [-0.25, -0.2) is 4.98 Å². The van der Waals surface area contributed by atoms with Crippen molar-refractivity contribution in [3.8, 4) is 0 Å². The molecule has 1 rings (SSSR count). The fraction of sp³-hybridized carbons (Fsp3) is 0.600. The topological polar surface area (TPSA) is 49.0 Å². The van der Waals surface area contributed by atoms with Crippen molar-refractivity contribution in [3.05, 3.63) is 20.3 Å². The number of aromatic amines is 1. The highest BCUT2D eigenvalue weighted by atomic mass is 127. The third kappa shape index (κ3) is 3.19. The standard InChI is InChI=1S/C10H16IN3O/c1-3-5-6-14(4-2)9-8(11)10(15)13-7-12-9/h7H,3-6H2,1-2H3,(H,12,13,15). The molecule has 0 aliphatic carbocycles. The first-order chi connectivity index (χ1) is 7.20. The molecule has 0 saturated carbocycles. The van der Waals surface area contributed by atoms with Crippen LogP contribution in [-0.2, 0) is 0 Å². The number of halogens is 1. The van der Waals surface area contributed by atoms with Crippen LogP contribution in [0.15, 0.2) is 11.1 Å². The lowest BCUT2D eigenvalue weighted by Gasteiger charge is -2.22. The number of hydrogen-bond acceptors (Lipinski definition) is 3. The third-order valence-corrected chi connectivity index (χ3v) is 3.21. The molecule has 0 radical (unpaired) electrons. The summed E-state index contributed by atoms with van der Waals surface area (Å²) in [6.45, 7) is 6.07. The molecule has 0 fully saturated rings. The van der Waals surface area contributed by atoms with E-state index < -0.39 is 0 Å². The predicted octanol–water partition coefficient (Wildman–Crippen LogP) is 2.00. The number of H-pyrrole nitrogens is 1. The van der Waals surface area contributed by atoms with Gasteiger partial charge < -0.3 is 9.88 Å². The minimum Gasteiger partial charge on any atom is -0.356 e. The van der Waals surface area contributed by atoms with Crippen molar-refractivity contribution in [1.29, 1.82) is 0 Å². The lowest BCUT2D eigenvalue weighted by Crippen LogP contribution is -2.28. The number of aromatic nitrogens is 2. The van der Waals surface area contributed by atoms with E-state index >= 15 is 0 Å². The minimum absolute atomic E-state index is 0.0597. The highest BCUT2D eigenvalue weighted by Crippen LogP contribution is 2.15. The first kappa shape index (κ1) is 12.5. The van der Waals surface area contributed by atoms with E-state index in [1.54, 1.807) is 0 Å². The van der Waals surface area contributed by atoms with Crippen molar-refractivity contribution in [2.24, 2.45) is 0 Å². The van der Waals surface area contributed by atoms with E-state index in [0.29, 0.717) is 3.57 Å². The van der Waals surface area contributed by atoms with E-state index in [0.717, 1.165) is 31.7 Å². The van der Waals surface area contributed by atoms with Crippen molar-refractivity contribution in [3.63, 3.8) is 0 Å². The zero-order valence-electron chi connectivity index (χ0n) is 9.09. The first-order valence-corrected chi connectivity index (χ1v) is 6.26. The molecule has 0 saturated heterocycles. The van der Waals surface area contributed by atoms with Crippen molar-refractivity contribution < 1.29 is 0 Å². The Morgan fingerprint density at radius 1 is 1.53 bits per heavy atom. The van der Waals surface area contributed by atoms with Crippen LogP contribution in [0.3, 0.4) is 0 Å². The molecule has 0 aromatic carbocycles. The number of anilines is 1. The number of nitrogens with zero attached hydrogens (tertiary/aromatic N) is 2. The second-order valence-electron chi connectivity index (χ2n) is 3.30. The predicted molar refractivity (Wildman–Crippen MR) is 70.4 cm³/mol. The first-order valence-electron chi connectivity index (χ1n) is 5.18. The Bertz CT molecular complexity index is 364. The molecule has 1 aromatic heterocycles. The van der Waals surface area contributed by atoms with E-state index in [-0.39, 0.29) is 5.56 Å². The van der Waals surface area contributed by atoms with Gasteiger partial charge in [0.25, 0.3) is 5.56 Å². The Morgan fingerprint density at radius 2 is 2.27 bits per heavy atom. The normalized spacial score (nSPS) is 10.3. The fourth-order valence-corrected chi connectivity index (χ4v) is 1.99. The Morgan fingerprint density at radius 3 is 2.87 bits per heavy atom. The molecule has 1 aromatic rings. The SMILES string of the molecule is CCCCN(CC)c1nc[nH]c(=O)c1I. The monoisotopic (exact) mass is 321 g/mol. The van der Waals surface area contributed by atoms with Crippen LogP contribution >= 0.6 is 22.6 Å². The van der Waals surface area contributed by atoms with Gasteiger partial charge in [-0.1, -0.05) is 13.3 Å². The average molecular weight is 321 g/mol. The molecular weight excluding hydrogens is 305 g/mol. The van der Waals surface area contributed by atoms with Gasteiger partial charge in [0, 0.05) is 13.1 Å². The van der Waals surface area contributed by atoms with Gasteiger partial charge in [-0.05, 0) is 35.9 Å². The fourth-order valence-electron chi connectivity index (χ4n) is 1.36. The van der Waals surface area contributed by atoms with Crippen LogP contribution in [0.4, 0.5) is 5.82 Å². The lowest BCUT2D eigenvalue weighted by atomic mass is 10.3. The molecule has 1 N–H and O–H groups in total. The Labute approximate surface area is 103 Å². The molecule has 0 unspecified atom stereocenters. The van der Waals surface area contributed by atoms with Gasteiger partial charge in [0.1, 0.15) is 9.39 Å². The van der Waals surface area contributed by atoms with Gasteiger partial charge in [0.15, 0.2) is 0 Å². The van der Waals surface area contributed by atoms with Crippen molar-refractivity contribution in [2.45, 2.75) is 26.7 Å². The summed E-state index contributed by atoms with van der Waals surface area (Å²) in [6.07, 6.45) is 3.74. The molecule has 1 heterocycles. The Kier molecular flexibility index (Phi) is 5.07. The molecule has 0 atom stereocenters. The van der Waals surface area contributed by atoms with E-state index in [4.69, 9.17) is 0 Å². The maximum Gasteiger partial charge on any atom is 0.266 e. The van der Waals surface area contributed by atoms with Crippen LogP contribution < -0.4 is 10.5 Å². The van der Waals surface area contributed by atoms with E-state index in [1.807, 2.05) is 22.6 Å². The molecule has 0 bridgehead atoms. The van der Waals surface area contributed by atoms with Gasteiger partial charge in [-0.15, -0.1) is 0 Å². The van der Waals surface area contributed by atoms with Crippen molar-refractivity contribution in [2.75, 3.05) is 18.0 Å². The zero-order chi connectivity index (χ0) is 11.3.